The summed E-state index contributed by atoms with van der Waals surface area (Å²) in [5, 5.41) is 9.63. The van der Waals surface area contributed by atoms with Gasteiger partial charge in [0.25, 0.3) is 5.91 Å². The molecule has 0 aliphatic rings. The summed E-state index contributed by atoms with van der Waals surface area (Å²) in [5.41, 5.74) is 2.40. The van der Waals surface area contributed by atoms with Crippen LogP contribution in [0.2, 0.25) is 0 Å². The number of amides is 1. The number of aromatic amines is 1. The highest BCUT2D eigenvalue weighted by Gasteiger charge is 2.11. The summed E-state index contributed by atoms with van der Waals surface area (Å²) in [6.07, 6.45) is 1.98. The molecular formula is C17H14FN3OS. The number of nitrogens with one attached hydrogen (secondary N) is 2. The fourth-order valence-corrected chi connectivity index (χ4v) is 2.57. The Kier molecular flexibility index (Phi) is 4.43. The fraction of sp³-hybridized carbons (Fsp3) is 0.0588. The number of H-pyrrole nitrogens is 1. The zero-order valence-electron chi connectivity index (χ0n) is 12.3. The predicted octanol–water partition coefficient (Wildman–Crippen LogP) is 4.19. The number of thioether (sulfide) groups is 1. The van der Waals surface area contributed by atoms with Crippen molar-refractivity contribution in [1.29, 1.82) is 0 Å². The van der Waals surface area contributed by atoms with Gasteiger partial charge in [0.15, 0.2) is 0 Å². The normalized spacial score (nSPS) is 10.5. The summed E-state index contributed by atoms with van der Waals surface area (Å²) in [7, 11) is 0. The summed E-state index contributed by atoms with van der Waals surface area (Å²) < 4.78 is 12.9. The van der Waals surface area contributed by atoms with Crippen LogP contribution >= 0.6 is 11.8 Å². The van der Waals surface area contributed by atoms with Gasteiger partial charge in [0.2, 0.25) is 0 Å². The Balaban J connectivity index is 1.76. The maximum atomic E-state index is 12.9. The first-order valence-corrected chi connectivity index (χ1v) is 8.15. The highest BCUT2D eigenvalue weighted by molar-refractivity contribution is 7.98. The molecule has 0 spiro atoms. The van der Waals surface area contributed by atoms with E-state index >= 15 is 0 Å². The molecule has 0 radical (unpaired) electrons. The van der Waals surface area contributed by atoms with Gasteiger partial charge in [0, 0.05) is 16.1 Å². The molecule has 1 amide bonds. The van der Waals surface area contributed by atoms with Gasteiger partial charge in [-0.05, 0) is 54.8 Å². The van der Waals surface area contributed by atoms with Gasteiger partial charge in [-0.15, -0.1) is 11.8 Å². The van der Waals surface area contributed by atoms with E-state index in [0.29, 0.717) is 11.4 Å². The molecule has 2 N–H and O–H groups in total. The van der Waals surface area contributed by atoms with E-state index in [2.05, 4.69) is 15.5 Å². The van der Waals surface area contributed by atoms with E-state index in [1.54, 1.807) is 30.0 Å². The molecule has 0 unspecified atom stereocenters. The van der Waals surface area contributed by atoms with E-state index in [-0.39, 0.29) is 11.7 Å². The van der Waals surface area contributed by atoms with Crippen LogP contribution in [0, 0.1) is 5.82 Å². The van der Waals surface area contributed by atoms with E-state index in [1.165, 1.54) is 12.1 Å². The molecule has 116 valence electrons. The van der Waals surface area contributed by atoms with Gasteiger partial charge in [-0.2, -0.15) is 5.10 Å². The van der Waals surface area contributed by atoms with Crippen molar-refractivity contribution < 1.29 is 9.18 Å². The van der Waals surface area contributed by atoms with E-state index < -0.39 is 0 Å². The molecule has 3 aromatic rings. The summed E-state index contributed by atoms with van der Waals surface area (Å²) in [6.45, 7) is 0. The van der Waals surface area contributed by atoms with Crippen molar-refractivity contribution in [2.45, 2.75) is 4.90 Å². The molecule has 0 atom stereocenters. The average Bonchev–Trinajstić information content (AvgIpc) is 3.06. The fourth-order valence-electron chi connectivity index (χ4n) is 2.11. The number of nitrogens with zero attached hydrogens (tertiary/aromatic N) is 1. The van der Waals surface area contributed by atoms with E-state index in [1.807, 2.05) is 30.5 Å². The van der Waals surface area contributed by atoms with Crippen LogP contribution in [0.4, 0.5) is 10.1 Å². The van der Waals surface area contributed by atoms with Crippen molar-refractivity contribution in [2.75, 3.05) is 11.6 Å². The molecule has 4 nitrogen and oxygen atoms in total. The van der Waals surface area contributed by atoms with Crippen molar-refractivity contribution in [3.05, 3.63) is 66.1 Å². The second-order valence-electron chi connectivity index (χ2n) is 4.86. The van der Waals surface area contributed by atoms with Crippen molar-refractivity contribution in [3.8, 4) is 11.3 Å². The molecule has 0 aliphatic carbocycles. The molecule has 0 bridgehead atoms. The number of hydrogen-bond donors (Lipinski definition) is 2. The molecule has 0 aliphatic heterocycles. The highest BCUT2D eigenvalue weighted by Crippen LogP contribution is 2.21. The first-order chi connectivity index (χ1) is 11.2. The molecule has 2 aromatic carbocycles. The first kappa shape index (κ1) is 15.3. The Morgan fingerprint density at radius 3 is 2.70 bits per heavy atom. The van der Waals surface area contributed by atoms with Crippen LogP contribution in [-0.2, 0) is 0 Å². The van der Waals surface area contributed by atoms with Crippen molar-refractivity contribution in [3.63, 3.8) is 0 Å². The average molecular weight is 327 g/mol. The highest BCUT2D eigenvalue weighted by atomic mass is 32.2. The lowest BCUT2D eigenvalue weighted by atomic mass is 10.1. The van der Waals surface area contributed by atoms with Gasteiger partial charge in [-0.3, -0.25) is 9.89 Å². The number of benzene rings is 2. The largest absolute Gasteiger partial charge is 0.321 e. The molecule has 6 heteroatoms. The lowest BCUT2D eigenvalue weighted by Crippen LogP contribution is -2.12. The predicted molar refractivity (Wildman–Crippen MR) is 90.2 cm³/mol. The van der Waals surface area contributed by atoms with Crippen molar-refractivity contribution in [1.82, 2.24) is 10.2 Å². The van der Waals surface area contributed by atoms with E-state index in [9.17, 15) is 9.18 Å². The van der Waals surface area contributed by atoms with Gasteiger partial charge < -0.3 is 5.32 Å². The minimum Gasteiger partial charge on any atom is -0.321 e. The third kappa shape index (κ3) is 3.60. The SMILES string of the molecule is CSc1cccc(NC(=O)c2cc(-c3ccc(F)cc3)n[nH]2)c1. The van der Waals surface area contributed by atoms with Gasteiger partial charge >= 0.3 is 0 Å². The van der Waals surface area contributed by atoms with Gasteiger partial charge in [-0.25, -0.2) is 4.39 Å². The summed E-state index contributed by atoms with van der Waals surface area (Å²) in [6, 6.07) is 15.2. The molecule has 1 heterocycles. The second kappa shape index (κ2) is 6.66. The first-order valence-electron chi connectivity index (χ1n) is 6.92. The standard InChI is InChI=1S/C17H14FN3OS/c1-23-14-4-2-3-13(9-14)19-17(22)16-10-15(20-21-16)11-5-7-12(18)8-6-11/h2-10H,1H3,(H,19,22)(H,20,21). The molecular weight excluding hydrogens is 313 g/mol. The molecule has 3 rings (SSSR count). The lowest BCUT2D eigenvalue weighted by molar-refractivity contribution is 0.102. The number of anilines is 1. The maximum Gasteiger partial charge on any atom is 0.273 e. The minimum absolute atomic E-state index is 0.274. The van der Waals surface area contributed by atoms with Crippen LogP contribution in [-0.4, -0.2) is 22.4 Å². The molecule has 0 saturated carbocycles. The Morgan fingerprint density at radius 2 is 1.96 bits per heavy atom. The Labute approximate surface area is 137 Å². The Bertz CT molecular complexity index is 830. The topological polar surface area (TPSA) is 57.8 Å². The van der Waals surface area contributed by atoms with E-state index in [0.717, 1.165) is 16.1 Å². The van der Waals surface area contributed by atoms with Crippen molar-refractivity contribution in [2.24, 2.45) is 0 Å². The van der Waals surface area contributed by atoms with Gasteiger partial charge in [0.05, 0.1) is 5.69 Å². The van der Waals surface area contributed by atoms with Crippen LogP contribution in [0.5, 0.6) is 0 Å². The number of rotatable bonds is 4. The lowest BCUT2D eigenvalue weighted by Gasteiger charge is -2.04. The van der Waals surface area contributed by atoms with E-state index in [4.69, 9.17) is 0 Å². The quantitative estimate of drug-likeness (QED) is 0.706. The Hall–Kier alpha value is -2.60. The van der Waals surface area contributed by atoms with Crippen LogP contribution in [0.25, 0.3) is 11.3 Å². The number of carbonyl (C=O) groups is 1. The maximum absolute atomic E-state index is 12.9. The summed E-state index contributed by atoms with van der Waals surface area (Å²) in [5.74, 6) is -0.583. The monoisotopic (exact) mass is 327 g/mol. The number of carbonyl (C=O) groups excluding carboxylic acids is 1. The third-order valence-electron chi connectivity index (χ3n) is 3.29. The van der Waals surface area contributed by atoms with Crippen LogP contribution in [0.15, 0.2) is 59.5 Å². The molecule has 0 fully saturated rings. The van der Waals surface area contributed by atoms with Crippen LogP contribution in [0.3, 0.4) is 0 Å². The van der Waals surface area contributed by atoms with Gasteiger partial charge in [-0.1, -0.05) is 6.07 Å². The second-order valence-corrected chi connectivity index (χ2v) is 5.74. The van der Waals surface area contributed by atoms with Gasteiger partial charge in [0.1, 0.15) is 11.5 Å². The Morgan fingerprint density at radius 1 is 1.17 bits per heavy atom. The minimum atomic E-state index is -0.309. The number of halogens is 1. The molecule has 1 aromatic heterocycles. The zero-order chi connectivity index (χ0) is 16.2. The van der Waals surface area contributed by atoms with Crippen LogP contribution in [0.1, 0.15) is 10.5 Å². The number of hydrogen-bond acceptors (Lipinski definition) is 3. The summed E-state index contributed by atoms with van der Waals surface area (Å²) in [4.78, 5) is 13.3. The zero-order valence-corrected chi connectivity index (χ0v) is 13.2. The van der Waals surface area contributed by atoms with Crippen molar-refractivity contribution >= 4 is 23.4 Å². The smallest absolute Gasteiger partial charge is 0.273 e. The number of aromatic nitrogens is 2. The van der Waals surface area contributed by atoms with Crippen LogP contribution < -0.4 is 5.32 Å². The molecule has 23 heavy (non-hydrogen) atoms. The molecule has 0 saturated heterocycles. The summed E-state index contributed by atoms with van der Waals surface area (Å²) >= 11 is 1.61. The third-order valence-corrected chi connectivity index (χ3v) is 4.02.